The van der Waals surface area contributed by atoms with Crippen molar-refractivity contribution in [3.05, 3.63) is 78.9 Å². The molecule has 2 N–H and O–H groups in total. The third-order valence-electron chi connectivity index (χ3n) is 4.31. The minimum atomic E-state index is -0.300. The maximum absolute atomic E-state index is 13.4. The third kappa shape index (κ3) is 3.51. The Hall–Kier alpha value is -4.20. The first-order valence-electron chi connectivity index (χ1n) is 8.88. The zero-order valence-corrected chi connectivity index (χ0v) is 15.0. The lowest BCUT2D eigenvalue weighted by Crippen LogP contribution is -1.98. The number of rotatable bonds is 4. The molecule has 0 amide bonds. The van der Waals surface area contributed by atoms with Crippen LogP contribution in [0.1, 0.15) is 0 Å². The molecule has 0 radical (unpaired) electrons. The van der Waals surface area contributed by atoms with Crippen molar-refractivity contribution in [3.8, 4) is 22.9 Å². The normalized spacial score (nSPS) is 10.9. The number of nitrogens with one attached hydrogen (secondary N) is 2. The van der Waals surface area contributed by atoms with E-state index in [2.05, 4.69) is 35.5 Å². The quantitative estimate of drug-likeness (QED) is 0.479. The molecule has 0 aliphatic rings. The highest BCUT2D eigenvalue weighted by atomic mass is 19.1. The predicted molar refractivity (Wildman–Crippen MR) is 108 cm³/mol. The number of anilines is 2. The van der Waals surface area contributed by atoms with Crippen LogP contribution in [0.3, 0.4) is 0 Å². The van der Waals surface area contributed by atoms with E-state index in [4.69, 9.17) is 0 Å². The molecule has 29 heavy (non-hydrogen) atoms. The minimum Gasteiger partial charge on any atom is -0.339 e. The van der Waals surface area contributed by atoms with Gasteiger partial charge in [-0.25, -0.2) is 19.3 Å². The van der Waals surface area contributed by atoms with Gasteiger partial charge in [0.2, 0.25) is 0 Å². The maximum atomic E-state index is 13.4. The third-order valence-corrected chi connectivity index (χ3v) is 4.31. The van der Waals surface area contributed by atoms with Gasteiger partial charge in [0.25, 0.3) is 0 Å². The lowest BCUT2D eigenvalue weighted by molar-refractivity contribution is 0.629. The number of nitrogens with zero attached hydrogens (tertiary/aromatic N) is 5. The fraction of sp³-hybridized carbons (Fsp3) is 0. The lowest BCUT2D eigenvalue weighted by atomic mass is 10.2. The molecular weight excluding hydrogens is 369 g/mol. The SMILES string of the molecule is Fc1ccc2nc(-c3cccc(Nc4ccc(-c5ncccn5)nn4)c3)[nH]c2c1. The Kier molecular flexibility index (Phi) is 4.14. The van der Waals surface area contributed by atoms with Gasteiger partial charge in [-0.2, -0.15) is 0 Å². The summed E-state index contributed by atoms with van der Waals surface area (Å²) in [6, 6.07) is 17.5. The molecule has 5 rings (SSSR count). The van der Waals surface area contributed by atoms with Gasteiger partial charge < -0.3 is 10.3 Å². The summed E-state index contributed by atoms with van der Waals surface area (Å²) in [4.78, 5) is 16.0. The molecule has 8 heteroatoms. The molecule has 0 aliphatic heterocycles. The summed E-state index contributed by atoms with van der Waals surface area (Å²) >= 11 is 0. The second-order valence-electron chi connectivity index (χ2n) is 6.33. The summed E-state index contributed by atoms with van der Waals surface area (Å²) in [7, 11) is 0. The largest absolute Gasteiger partial charge is 0.339 e. The molecule has 3 heterocycles. The summed E-state index contributed by atoms with van der Waals surface area (Å²) in [6.45, 7) is 0. The van der Waals surface area contributed by atoms with Crippen LogP contribution < -0.4 is 5.32 Å². The van der Waals surface area contributed by atoms with Gasteiger partial charge >= 0.3 is 0 Å². The standard InChI is InChI=1S/C21H14FN7/c22-14-5-6-16-18(12-14)27-20(26-16)13-3-1-4-15(11-13)25-19-8-7-17(28-29-19)21-23-9-2-10-24-21/h1-12H,(H,25,29)(H,26,27). The van der Waals surface area contributed by atoms with E-state index in [0.717, 1.165) is 11.3 Å². The molecule has 140 valence electrons. The Morgan fingerprint density at radius 3 is 2.59 bits per heavy atom. The van der Waals surface area contributed by atoms with E-state index in [-0.39, 0.29) is 5.82 Å². The molecule has 0 atom stereocenters. The van der Waals surface area contributed by atoms with Crippen molar-refractivity contribution in [2.24, 2.45) is 0 Å². The van der Waals surface area contributed by atoms with Crippen LogP contribution in [0.25, 0.3) is 33.9 Å². The number of hydrogen-bond donors (Lipinski definition) is 2. The van der Waals surface area contributed by atoms with Crippen molar-refractivity contribution in [1.29, 1.82) is 0 Å². The monoisotopic (exact) mass is 383 g/mol. The molecule has 0 bridgehead atoms. The van der Waals surface area contributed by atoms with Crippen molar-refractivity contribution in [1.82, 2.24) is 30.1 Å². The van der Waals surface area contributed by atoms with E-state index < -0.39 is 0 Å². The zero-order valence-electron chi connectivity index (χ0n) is 15.0. The Balaban J connectivity index is 1.39. The molecule has 0 saturated carbocycles. The summed E-state index contributed by atoms with van der Waals surface area (Å²) in [6.07, 6.45) is 3.32. The van der Waals surface area contributed by atoms with Gasteiger partial charge in [0.05, 0.1) is 11.0 Å². The van der Waals surface area contributed by atoms with Crippen LogP contribution in [0.2, 0.25) is 0 Å². The highest BCUT2D eigenvalue weighted by molar-refractivity contribution is 5.80. The first kappa shape index (κ1) is 16.9. The zero-order chi connectivity index (χ0) is 19.6. The smallest absolute Gasteiger partial charge is 0.180 e. The molecule has 0 spiro atoms. The van der Waals surface area contributed by atoms with Gasteiger partial charge in [0.15, 0.2) is 11.6 Å². The van der Waals surface area contributed by atoms with Gasteiger partial charge in [-0.05, 0) is 48.5 Å². The number of imidazole rings is 1. The maximum Gasteiger partial charge on any atom is 0.180 e. The second kappa shape index (κ2) is 7.08. The van der Waals surface area contributed by atoms with Crippen molar-refractivity contribution in [3.63, 3.8) is 0 Å². The van der Waals surface area contributed by atoms with Crippen LogP contribution in [0.5, 0.6) is 0 Å². The number of aromatic nitrogens is 6. The number of benzene rings is 2. The minimum absolute atomic E-state index is 0.300. The van der Waals surface area contributed by atoms with Gasteiger partial charge in [0, 0.05) is 23.6 Å². The Labute approximate surface area is 164 Å². The Bertz CT molecular complexity index is 1280. The van der Waals surface area contributed by atoms with Gasteiger partial charge in [-0.3, -0.25) is 0 Å². The van der Waals surface area contributed by atoms with Crippen LogP contribution in [0.4, 0.5) is 15.9 Å². The number of fused-ring (bicyclic) bond motifs is 1. The molecule has 0 saturated heterocycles. The van der Waals surface area contributed by atoms with E-state index in [1.54, 1.807) is 24.5 Å². The lowest BCUT2D eigenvalue weighted by Gasteiger charge is -2.07. The highest BCUT2D eigenvalue weighted by Crippen LogP contribution is 2.25. The fourth-order valence-electron chi connectivity index (χ4n) is 2.96. The molecule has 0 fully saturated rings. The van der Waals surface area contributed by atoms with Crippen LogP contribution in [-0.2, 0) is 0 Å². The number of H-pyrrole nitrogens is 1. The van der Waals surface area contributed by atoms with Crippen LogP contribution >= 0.6 is 0 Å². The predicted octanol–water partition coefficient (Wildman–Crippen LogP) is 4.36. The molecular formula is C21H14FN7. The van der Waals surface area contributed by atoms with E-state index in [9.17, 15) is 4.39 Å². The van der Waals surface area contributed by atoms with Crippen molar-refractivity contribution in [2.75, 3.05) is 5.32 Å². The van der Waals surface area contributed by atoms with Crippen molar-refractivity contribution in [2.45, 2.75) is 0 Å². The summed E-state index contributed by atoms with van der Waals surface area (Å²) in [5.41, 5.74) is 3.66. The van der Waals surface area contributed by atoms with Crippen molar-refractivity contribution < 1.29 is 4.39 Å². The van der Waals surface area contributed by atoms with E-state index >= 15 is 0 Å². The van der Waals surface area contributed by atoms with E-state index in [1.807, 2.05) is 36.4 Å². The Morgan fingerprint density at radius 1 is 0.862 bits per heavy atom. The molecule has 7 nitrogen and oxygen atoms in total. The first-order valence-corrected chi connectivity index (χ1v) is 8.88. The van der Waals surface area contributed by atoms with Gasteiger partial charge in [-0.1, -0.05) is 12.1 Å². The van der Waals surface area contributed by atoms with Gasteiger partial charge in [-0.15, -0.1) is 10.2 Å². The summed E-state index contributed by atoms with van der Waals surface area (Å²) in [5, 5.41) is 11.6. The van der Waals surface area contributed by atoms with Gasteiger partial charge in [0.1, 0.15) is 17.3 Å². The Morgan fingerprint density at radius 2 is 1.76 bits per heavy atom. The molecule has 0 unspecified atom stereocenters. The van der Waals surface area contributed by atoms with E-state index in [1.165, 1.54) is 12.1 Å². The topological polar surface area (TPSA) is 92.3 Å². The number of hydrogen-bond acceptors (Lipinski definition) is 6. The van der Waals surface area contributed by atoms with Crippen LogP contribution in [-0.4, -0.2) is 30.1 Å². The molecule has 3 aromatic heterocycles. The molecule has 5 aromatic rings. The summed E-state index contributed by atoms with van der Waals surface area (Å²) < 4.78 is 13.4. The van der Waals surface area contributed by atoms with E-state index in [0.29, 0.717) is 34.2 Å². The average molecular weight is 383 g/mol. The first-order chi connectivity index (χ1) is 14.2. The highest BCUT2D eigenvalue weighted by Gasteiger charge is 2.08. The molecule has 0 aliphatic carbocycles. The number of halogens is 1. The van der Waals surface area contributed by atoms with Crippen LogP contribution in [0.15, 0.2) is 73.1 Å². The number of aromatic amines is 1. The second-order valence-corrected chi connectivity index (χ2v) is 6.33. The average Bonchev–Trinajstić information content (AvgIpc) is 3.18. The van der Waals surface area contributed by atoms with Crippen LogP contribution in [0, 0.1) is 5.82 Å². The van der Waals surface area contributed by atoms with Crippen molar-refractivity contribution >= 4 is 22.5 Å². The summed E-state index contributed by atoms with van der Waals surface area (Å²) in [5.74, 6) is 1.48. The molecule has 2 aromatic carbocycles. The fourth-order valence-corrected chi connectivity index (χ4v) is 2.96.